The number of halogens is 1. The van der Waals surface area contributed by atoms with Crippen LogP contribution in [0, 0.1) is 0 Å². The lowest BCUT2D eigenvalue weighted by Crippen LogP contribution is -2.28. The van der Waals surface area contributed by atoms with Crippen LogP contribution in [0.2, 0.25) is 0 Å². The third-order valence-corrected chi connectivity index (χ3v) is 6.49. The first kappa shape index (κ1) is 19.1. The smallest absolute Gasteiger partial charge is 0.226 e. The van der Waals surface area contributed by atoms with Crippen molar-refractivity contribution in [2.45, 2.75) is 29.5 Å². The Bertz CT molecular complexity index is 850. The Kier molecular flexibility index (Phi) is 6.88. The average molecular weight is 447 g/mol. The van der Waals surface area contributed by atoms with Crippen LogP contribution in [0.15, 0.2) is 68.8 Å². The molecule has 134 valence electrons. The summed E-state index contributed by atoms with van der Waals surface area (Å²) in [5.41, 5.74) is 3.18. The van der Waals surface area contributed by atoms with Gasteiger partial charge in [0.15, 0.2) is 0 Å². The number of benzene rings is 2. The lowest BCUT2D eigenvalue weighted by Gasteiger charge is -2.13. The molecule has 3 rings (SSSR count). The van der Waals surface area contributed by atoms with E-state index in [0.717, 1.165) is 25.8 Å². The molecule has 0 aliphatic rings. The van der Waals surface area contributed by atoms with E-state index in [-0.39, 0.29) is 11.9 Å². The first-order valence-corrected chi connectivity index (χ1v) is 10.9. The minimum absolute atomic E-state index is 0.00360. The number of thiazole rings is 1. The number of amides is 1. The van der Waals surface area contributed by atoms with Gasteiger partial charge in [0, 0.05) is 15.6 Å². The summed E-state index contributed by atoms with van der Waals surface area (Å²) in [6.07, 6.45) is 0.312. The molecule has 6 heteroatoms. The number of nitrogens with one attached hydrogen (secondary N) is 1. The number of rotatable bonds is 7. The summed E-state index contributed by atoms with van der Waals surface area (Å²) in [6, 6.07) is 18.3. The van der Waals surface area contributed by atoms with Crippen molar-refractivity contribution in [2.75, 3.05) is 0 Å². The van der Waals surface area contributed by atoms with Crippen LogP contribution >= 0.6 is 39.0 Å². The van der Waals surface area contributed by atoms with Crippen LogP contribution in [-0.2, 0) is 17.0 Å². The highest BCUT2D eigenvalue weighted by Gasteiger charge is 2.12. The predicted molar refractivity (Wildman–Crippen MR) is 113 cm³/mol. The summed E-state index contributed by atoms with van der Waals surface area (Å²) in [5, 5.41) is 5.00. The topological polar surface area (TPSA) is 42.0 Å². The van der Waals surface area contributed by atoms with Gasteiger partial charge in [-0.2, -0.15) is 0 Å². The molecule has 3 nitrogen and oxygen atoms in total. The molecular formula is C20H19BrN2OS2. The Labute approximate surface area is 170 Å². The van der Waals surface area contributed by atoms with E-state index in [1.165, 1.54) is 5.56 Å². The van der Waals surface area contributed by atoms with Gasteiger partial charge < -0.3 is 5.32 Å². The van der Waals surface area contributed by atoms with Crippen molar-refractivity contribution in [3.05, 3.63) is 81.3 Å². The van der Waals surface area contributed by atoms with Gasteiger partial charge in [-0.25, -0.2) is 4.98 Å². The van der Waals surface area contributed by atoms with Gasteiger partial charge in [-0.1, -0.05) is 70.2 Å². The van der Waals surface area contributed by atoms with Crippen LogP contribution in [-0.4, -0.2) is 10.9 Å². The van der Waals surface area contributed by atoms with Crippen LogP contribution in [0.1, 0.15) is 29.8 Å². The van der Waals surface area contributed by atoms with E-state index >= 15 is 0 Å². The molecule has 1 heterocycles. The summed E-state index contributed by atoms with van der Waals surface area (Å²) in [7, 11) is 0. The Morgan fingerprint density at radius 3 is 2.65 bits per heavy atom. The van der Waals surface area contributed by atoms with Crippen molar-refractivity contribution < 1.29 is 4.79 Å². The van der Waals surface area contributed by atoms with E-state index in [9.17, 15) is 4.79 Å². The van der Waals surface area contributed by atoms with Gasteiger partial charge in [0.2, 0.25) is 5.91 Å². The normalized spacial score (nSPS) is 11.9. The second-order valence-corrected chi connectivity index (χ2v) is 8.89. The van der Waals surface area contributed by atoms with Crippen molar-refractivity contribution in [1.29, 1.82) is 0 Å². The molecule has 0 aliphatic carbocycles. The minimum Gasteiger partial charge on any atom is -0.349 e. The predicted octanol–water partition coefficient (Wildman–Crippen LogP) is 5.62. The second-order valence-electron chi connectivity index (χ2n) is 5.90. The lowest BCUT2D eigenvalue weighted by molar-refractivity contribution is -0.121. The number of thioether (sulfide) groups is 1. The van der Waals surface area contributed by atoms with E-state index < -0.39 is 0 Å². The molecule has 0 spiro atoms. The van der Waals surface area contributed by atoms with Gasteiger partial charge >= 0.3 is 0 Å². The Morgan fingerprint density at radius 1 is 1.19 bits per heavy atom. The van der Waals surface area contributed by atoms with Crippen LogP contribution in [0.3, 0.4) is 0 Å². The Balaban J connectivity index is 1.49. The molecule has 1 unspecified atom stereocenters. The monoisotopic (exact) mass is 446 g/mol. The van der Waals surface area contributed by atoms with Gasteiger partial charge in [0.05, 0.1) is 18.2 Å². The largest absolute Gasteiger partial charge is 0.349 e. The standard InChI is InChI=1S/C20H19BrN2OS2/c1-14(16-5-3-2-4-6-16)22-19(24)11-18-13-26-20(23-18)25-12-15-7-9-17(21)10-8-15/h2-10,13-14H,11-12H2,1H3,(H,22,24). The first-order valence-electron chi connectivity index (χ1n) is 8.26. The van der Waals surface area contributed by atoms with Crippen molar-refractivity contribution in [3.63, 3.8) is 0 Å². The highest BCUT2D eigenvalue weighted by atomic mass is 79.9. The zero-order chi connectivity index (χ0) is 18.4. The highest BCUT2D eigenvalue weighted by molar-refractivity contribution is 9.10. The molecule has 0 aliphatic heterocycles. The van der Waals surface area contributed by atoms with E-state index in [1.807, 2.05) is 54.8 Å². The molecule has 1 aromatic heterocycles. The van der Waals surface area contributed by atoms with E-state index in [1.54, 1.807) is 23.1 Å². The van der Waals surface area contributed by atoms with E-state index in [0.29, 0.717) is 6.42 Å². The molecule has 1 amide bonds. The van der Waals surface area contributed by atoms with Crippen LogP contribution in [0.25, 0.3) is 0 Å². The summed E-state index contributed by atoms with van der Waals surface area (Å²) in [5.74, 6) is 0.869. The number of nitrogens with zero attached hydrogens (tertiary/aromatic N) is 1. The molecule has 0 bridgehead atoms. The highest BCUT2D eigenvalue weighted by Crippen LogP contribution is 2.27. The van der Waals surface area contributed by atoms with Gasteiger partial charge in [0.1, 0.15) is 4.34 Å². The van der Waals surface area contributed by atoms with Gasteiger partial charge in [-0.05, 0) is 30.2 Å². The zero-order valence-corrected chi connectivity index (χ0v) is 17.5. The van der Waals surface area contributed by atoms with Crippen LogP contribution in [0.4, 0.5) is 0 Å². The fraction of sp³-hybridized carbons (Fsp3) is 0.200. The molecule has 0 saturated carbocycles. The molecule has 1 atom stereocenters. The average Bonchev–Trinajstić information content (AvgIpc) is 3.09. The molecule has 0 fully saturated rings. The molecule has 2 aromatic carbocycles. The van der Waals surface area contributed by atoms with Crippen molar-refractivity contribution in [1.82, 2.24) is 10.3 Å². The first-order chi connectivity index (χ1) is 12.6. The van der Waals surface area contributed by atoms with E-state index in [4.69, 9.17) is 0 Å². The maximum Gasteiger partial charge on any atom is 0.226 e. The Hall–Kier alpha value is -1.63. The third kappa shape index (κ3) is 5.69. The van der Waals surface area contributed by atoms with Crippen molar-refractivity contribution in [3.8, 4) is 0 Å². The number of hydrogen-bond acceptors (Lipinski definition) is 4. The van der Waals surface area contributed by atoms with Gasteiger partial charge in [-0.3, -0.25) is 4.79 Å². The number of hydrogen-bond donors (Lipinski definition) is 1. The number of carbonyl (C=O) groups excluding carboxylic acids is 1. The molecular weight excluding hydrogens is 428 g/mol. The fourth-order valence-corrected chi connectivity index (χ4v) is 4.51. The summed E-state index contributed by atoms with van der Waals surface area (Å²) in [4.78, 5) is 16.8. The van der Waals surface area contributed by atoms with E-state index in [2.05, 4.69) is 38.4 Å². The fourth-order valence-electron chi connectivity index (χ4n) is 2.44. The SMILES string of the molecule is CC(NC(=O)Cc1csc(SCc2ccc(Br)cc2)n1)c1ccccc1. The second kappa shape index (κ2) is 9.35. The van der Waals surface area contributed by atoms with Gasteiger partial charge in [0.25, 0.3) is 0 Å². The van der Waals surface area contributed by atoms with Crippen LogP contribution in [0.5, 0.6) is 0 Å². The molecule has 26 heavy (non-hydrogen) atoms. The maximum absolute atomic E-state index is 12.3. The third-order valence-electron chi connectivity index (χ3n) is 3.82. The summed E-state index contributed by atoms with van der Waals surface area (Å²) < 4.78 is 2.07. The van der Waals surface area contributed by atoms with Crippen molar-refractivity contribution >= 4 is 44.9 Å². The van der Waals surface area contributed by atoms with Crippen LogP contribution < -0.4 is 5.32 Å². The molecule has 3 aromatic rings. The summed E-state index contributed by atoms with van der Waals surface area (Å²) >= 11 is 6.73. The van der Waals surface area contributed by atoms with Crippen molar-refractivity contribution in [2.24, 2.45) is 0 Å². The Morgan fingerprint density at radius 2 is 1.92 bits per heavy atom. The maximum atomic E-state index is 12.3. The molecule has 0 radical (unpaired) electrons. The lowest BCUT2D eigenvalue weighted by atomic mass is 10.1. The quantitative estimate of drug-likeness (QED) is 0.478. The minimum atomic E-state index is -0.00594. The zero-order valence-electron chi connectivity index (χ0n) is 14.3. The number of aromatic nitrogens is 1. The van der Waals surface area contributed by atoms with Gasteiger partial charge in [-0.15, -0.1) is 11.3 Å². The summed E-state index contributed by atoms with van der Waals surface area (Å²) in [6.45, 7) is 1.99. The molecule has 1 N–H and O–H groups in total. The number of carbonyl (C=O) groups is 1. The molecule has 0 saturated heterocycles.